The van der Waals surface area contributed by atoms with E-state index in [1.807, 2.05) is 0 Å². The van der Waals surface area contributed by atoms with Crippen LogP contribution in [0.5, 0.6) is 0 Å². The third kappa shape index (κ3) is 3.39. The number of carbonyl (C=O) groups excluding carboxylic acids is 1. The second-order valence-corrected chi connectivity index (χ2v) is 5.46. The van der Waals surface area contributed by atoms with Crippen molar-refractivity contribution < 1.29 is 22.7 Å². The van der Waals surface area contributed by atoms with Crippen LogP contribution in [0.25, 0.3) is 11.1 Å². The maximum Gasteiger partial charge on any atom is 0.433 e. The molecule has 1 aromatic heterocycles. The van der Waals surface area contributed by atoms with Crippen LogP contribution in [-0.4, -0.2) is 18.1 Å². The highest BCUT2D eigenvalue weighted by Gasteiger charge is 2.38. The number of aromatic nitrogens is 1. The lowest BCUT2D eigenvalue weighted by molar-refractivity contribution is -0.140. The van der Waals surface area contributed by atoms with Crippen LogP contribution in [0, 0.1) is 0 Å². The van der Waals surface area contributed by atoms with E-state index in [0.29, 0.717) is 0 Å². The average molecular weight is 385 g/mol. The van der Waals surface area contributed by atoms with Gasteiger partial charge in [0.15, 0.2) is 5.69 Å². The minimum absolute atomic E-state index is 0.0671. The molecule has 0 aliphatic rings. The number of hydrogen-bond acceptors (Lipinski definition) is 3. The third-order valence-corrected chi connectivity index (χ3v) is 4.22. The number of pyridine rings is 1. The molecule has 2 aromatic rings. The van der Waals surface area contributed by atoms with Gasteiger partial charge in [-0.05, 0) is 12.1 Å². The zero-order valence-electron chi connectivity index (χ0n) is 11.3. The van der Waals surface area contributed by atoms with Crippen LogP contribution in [0.1, 0.15) is 16.1 Å². The molecule has 0 radical (unpaired) electrons. The monoisotopic (exact) mass is 383 g/mol. The summed E-state index contributed by atoms with van der Waals surface area (Å²) in [6, 6.07) is 3.61. The number of benzene rings is 1. The fourth-order valence-electron chi connectivity index (χ4n) is 1.95. The summed E-state index contributed by atoms with van der Waals surface area (Å²) in [5, 5.41) is -0.279. The second-order valence-electron chi connectivity index (χ2n) is 4.29. The number of hydrogen-bond donors (Lipinski definition) is 0. The van der Waals surface area contributed by atoms with Gasteiger partial charge in [0.05, 0.1) is 27.7 Å². The van der Waals surface area contributed by atoms with Crippen LogP contribution >= 0.6 is 34.8 Å². The summed E-state index contributed by atoms with van der Waals surface area (Å²) in [7, 11) is 1.05. The minimum atomic E-state index is -4.81. The first-order chi connectivity index (χ1) is 10.7. The zero-order chi connectivity index (χ0) is 17.4. The number of nitrogens with zero attached hydrogens (tertiary/aromatic N) is 1. The van der Waals surface area contributed by atoms with E-state index in [0.717, 1.165) is 19.4 Å². The van der Waals surface area contributed by atoms with Gasteiger partial charge in [-0.2, -0.15) is 13.2 Å². The molecule has 0 atom stereocenters. The molecule has 122 valence electrons. The van der Waals surface area contributed by atoms with E-state index in [2.05, 4.69) is 9.72 Å². The van der Waals surface area contributed by atoms with E-state index in [4.69, 9.17) is 34.8 Å². The van der Waals surface area contributed by atoms with Crippen LogP contribution in [0.4, 0.5) is 13.2 Å². The van der Waals surface area contributed by atoms with E-state index in [9.17, 15) is 18.0 Å². The van der Waals surface area contributed by atoms with Crippen molar-refractivity contribution >= 4 is 40.8 Å². The summed E-state index contributed by atoms with van der Waals surface area (Å²) in [5.74, 6) is -0.963. The van der Waals surface area contributed by atoms with Crippen molar-refractivity contribution in [2.75, 3.05) is 7.11 Å². The standard InChI is InChI=1S/C14H7Cl3F3NO2/c1-23-13(22)7-4-5-21-12(14(18,19)20)9(7)6-2-3-8(15)11(17)10(6)16/h2-5H,1H3. The lowest BCUT2D eigenvalue weighted by atomic mass is 9.97. The Bertz CT molecular complexity index is 779. The molecule has 0 saturated heterocycles. The fourth-order valence-corrected chi connectivity index (χ4v) is 2.58. The van der Waals surface area contributed by atoms with Crippen molar-refractivity contribution in [2.24, 2.45) is 0 Å². The summed E-state index contributed by atoms with van der Waals surface area (Å²) >= 11 is 17.7. The van der Waals surface area contributed by atoms with Crippen molar-refractivity contribution in [3.05, 3.63) is 50.7 Å². The molecule has 0 unspecified atom stereocenters. The van der Waals surface area contributed by atoms with Gasteiger partial charge in [0.1, 0.15) is 0 Å². The summed E-state index contributed by atoms with van der Waals surface area (Å²) in [4.78, 5) is 15.2. The van der Waals surface area contributed by atoms with Crippen molar-refractivity contribution in [2.45, 2.75) is 6.18 Å². The number of rotatable bonds is 2. The Balaban J connectivity index is 2.89. The molecule has 0 aliphatic carbocycles. The van der Waals surface area contributed by atoms with Gasteiger partial charge in [-0.3, -0.25) is 4.98 Å². The number of methoxy groups -OCH3 is 1. The Hall–Kier alpha value is -1.50. The van der Waals surface area contributed by atoms with Crippen LogP contribution in [-0.2, 0) is 10.9 Å². The second kappa shape index (κ2) is 6.55. The Kier molecular flexibility index (Phi) is 5.08. The molecular formula is C14H7Cl3F3NO2. The Morgan fingerprint density at radius 2 is 1.78 bits per heavy atom. The molecule has 0 bridgehead atoms. The first-order valence-corrected chi connectivity index (χ1v) is 7.10. The third-order valence-electron chi connectivity index (χ3n) is 2.93. The topological polar surface area (TPSA) is 39.2 Å². The highest BCUT2D eigenvalue weighted by Crippen LogP contribution is 2.43. The molecule has 3 nitrogen and oxygen atoms in total. The summed E-state index contributed by atoms with van der Waals surface area (Å²) in [6.07, 6.45) is -3.95. The molecule has 23 heavy (non-hydrogen) atoms. The number of halogens is 6. The smallest absolute Gasteiger partial charge is 0.433 e. The van der Waals surface area contributed by atoms with Gasteiger partial charge in [-0.1, -0.05) is 40.9 Å². The summed E-state index contributed by atoms with van der Waals surface area (Å²) < 4.78 is 44.4. The Morgan fingerprint density at radius 1 is 1.13 bits per heavy atom. The normalized spacial score (nSPS) is 11.4. The lowest BCUT2D eigenvalue weighted by Gasteiger charge is -2.16. The molecule has 1 aromatic carbocycles. The predicted molar refractivity (Wildman–Crippen MR) is 81.0 cm³/mol. The van der Waals surface area contributed by atoms with Gasteiger partial charge in [-0.25, -0.2) is 4.79 Å². The highest BCUT2D eigenvalue weighted by atomic mass is 35.5. The molecule has 1 heterocycles. The number of ether oxygens (including phenoxy) is 1. The zero-order valence-corrected chi connectivity index (χ0v) is 13.6. The van der Waals surface area contributed by atoms with E-state index < -0.39 is 23.4 Å². The molecule has 0 N–H and O–H groups in total. The van der Waals surface area contributed by atoms with Crippen molar-refractivity contribution in [3.8, 4) is 11.1 Å². The van der Waals surface area contributed by atoms with E-state index >= 15 is 0 Å². The highest BCUT2D eigenvalue weighted by molar-refractivity contribution is 6.49. The van der Waals surface area contributed by atoms with E-state index in [-0.39, 0.29) is 26.2 Å². The lowest BCUT2D eigenvalue weighted by Crippen LogP contribution is -2.14. The van der Waals surface area contributed by atoms with Gasteiger partial charge in [0.25, 0.3) is 0 Å². The van der Waals surface area contributed by atoms with Crippen molar-refractivity contribution in [1.29, 1.82) is 0 Å². The molecular weight excluding hydrogens is 378 g/mol. The average Bonchev–Trinajstić information content (AvgIpc) is 2.50. The fraction of sp³-hybridized carbons (Fsp3) is 0.143. The number of alkyl halides is 3. The van der Waals surface area contributed by atoms with Crippen LogP contribution in [0.3, 0.4) is 0 Å². The van der Waals surface area contributed by atoms with Crippen molar-refractivity contribution in [1.82, 2.24) is 4.98 Å². The molecule has 2 rings (SSSR count). The molecule has 0 aliphatic heterocycles. The maximum atomic E-state index is 13.3. The quantitative estimate of drug-likeness (QED) is 0.506. The Morgan fingerprint density at radius 3 is 2.35 bits per heavy atom. The number of esters is 1. The molecule has 0 amide bonds. The maximum absolute atomic E-state index is 13.3. The van der Waals surface area contributed by atoms with Gasteiger partial charge >= 0.3 is 12.1 Å². The summed E-state index contributed by atoms with van der Waals surface area (Å²) in [6.45, 7) is 0. The van der Waals surface area contributed by atoms with E-state index in [1.54, 1.807) is 0 Å². The van der Waals surface area contributed by atoms with Crippen LogP contribution in [0.15, 0.2) is 24.4 Å². The molecule has 0 spiro atoms. The minimum Gasteiger partial charge on any atom is -0.465 e. The Labute approximate surface area is 143 Å². The van der Waals surface area contributed by atoms with Crippen LogP contribution < -0.4 is 0 Å². The molecule has 0 saturated carbocycles. The summed E-state index contributed by atoms with van der Waals surface area (Å²) in [5.41, 5.74) is -2.26. The number of carbonyl (C=O) groups is 1. The first-order valence-electron chi connectivity index (χ1n) is 5.96. The first kappa shape index (κ1) is 17.8. The molecule has 9 heteroatoms. The SMILES string of the molecule is COC(=O)c1ccnc(C(F)(F)F)c1-c1ccc(Cl)c(Cl)c1Cl. The van der Waals surface area contributed by atoms with Gasteiger partial charge in [0, 0.05) is 17.3 Å². The van der Waals surface area contributed by atoms with Gasteiger partial charge < -0.3 is 4.74 Å². The molecule has 0 fully saturated rings. The van der Waals surface area contributed by atoms with E-state index in [1.165, 1.54) is 12.1 Å². The van der Waals surface area contributed by atoms with Gasteiger partial charge in [0.2, 0.25) is 0 Å². The van der Waals surface area contributed by atoms with Crippen molar-refractivity contribution in [3.63, 3.8) is 0 Å². The predicted octanol–water partition coefficient (Wildman–Crippen LogP) is 5.51. The van der Waals surface area contributed by atoms with Gasteiger partial charge in [-0.15, -0.1) is 0 Å². The largest absolute Gasteiger partial charge is 0.465 e. The van der Waals surface area contributed by atoms with Crippen LogP contribution in [0.2, 0.25) is 15.1 Å².